The SMILES string of the molecule is COc1ncc(-c2c(C)n(C)c3ccc(Cl)cc3c2=O)c(OC)n1. The van der Waals surface area contributed by atoms with Crippen molar-refractivity contribution in [2.45, 2.75) is 6.92 Å². The number of aromatic nitrogens is 3. The molecule has 0 bridgehead atoms. The predicted molar refractivity (Wildman–Crippen MR) is 93.1 cm³/mol. The molecule has 0 aliphatic heterocycles. The van der Waals surface area contributed by atoms with Crippen LogP contribution in [0.25, 0.3) is 22.0 Å². The van der Waals surface area contributed by atoms with E-state index in [0.29, 0.717) is 21.5 Å². The standard InChI is InChI=1S/C17H16ClN3O3/c1-9-14(12-8-19-17(24-4)20-16(12)23-3)15(22)11-7-10(18)5-6-13(11)21(9)2/h5-8H,1-4H3. The minimum atomic E-state index is -0.143. The van der Waals surface area contributed by atoms with Crippen molar-refractivity contribution in [2.24, 2.45) is 7.05 Å². The van der Waals surface area contributed by atoms with Crippen molar-refractivity contribution >= 4 is 22.5 Å². The van der Waals surface area contributed by atoms with E-state index >= 15 is 0 Å². The van der Waals surface area contributed by atoms with Crippen LogP contribution in [0.2, 0.25) is 5.02 Å². The molecular formula is C17H16ClN3O3. The monoisotopic (exact) mass is 345 g/mol. The molecule has 0 aliphatic rings. The summed E-state index contributed by atoms with van der Waals surface area (Å²) in [6, 6.07) is 5.43. The summed E-state index contributed by atoms with van der Waals surface area (Å²) in [6.45, 7) is 1.87. The third-order valence-corrected chi connectivity index (χ3v) is 4.27. The van der Waals surface area contributed by atoms with Gasteiger partial charge in [-0.15, -0.1) is 0 Å². The molecule has 6 nitrogen and oxygen atoms in total. The first-order valence-corrected chi connectivity index (χ1v) is 7.60. The molecule has 124 valence electrons. The predicted octanol–water partition coefficient (Wildman–Crippen LogP) is 2.97. The first-order valence-electron chi connectivity index (χ1n) is 7.22. The minimum absolute atomic E-state index is 0.143. The zero-order valence-electron chi connectivity index (χ0n) is 13.8. The Bertz CT molecular complexity index is 999. The van der Waals surface area contributed by atoms with Gasteiger partial charge in [-0.2, -0.15) is 4.98 Å². The molecule has 0 amide bonds. The number of halogens is 1. The van der Waals surface area contributed by atoms with Crippen LogP contribution >= 0.6 is 11.6 Å². The lowest BCUT2D eigenvalue weighted by atomic mass is 10.0. The van der Waals surface area contributed by atoms with E-state index in [2.05, 4.69) is 9.97 Å². The van der Waals surface area contributed by atoms with Crippen molar-refractivity contribution in [3.05, 3.63) is 45.3 Å². The number of fused-ring (bicyclic) bond motifs is 1. The highest BCUT2D eigenvalue weighted by Gasteiger charge is 2.19. The maximum Gasteiger partial charge on any atom is 0.319 e. The first-order chi connectivity index (χ1) is 11.5. The molecule has 7 heteroatoms. The van der Waals surface area contributed by atoms with E-state index in [4.69, 9.17) is 21.1 Å². The topological polar surface area (TPSA) is 66.2 Å². The molecule has 0 radical (unpaired) electrons. The van der Waals surface area contributed by atoms with Crippen LogP contribution in [0.5, 0.6) is 11.9 Å². The quantitative estimate of drug-likeness (QED) is 0.730. The van der Waals surface area contributed by atoms with Crippen molar-refractivity contribution in [3.8, 4) is 23.0 Å². The average Bonchev–Trinajstić information content (AvgIpc) is 2.60. The first kappa shape index (κ1) is 16.3. The smallest absolute Gasteiger partial charge is 0.319 e. The van der Waals surface area contributed by atoms with Crippen LogP contribution in [0.1, 0.15) is 5.69 Å². The van der Waals surface area contributed by atoms with Gasteiger partial charge in [-0.1, -0.05) is 11.6 Å². The summed E-state index contributed by atoms with van der Waals surface area (Å²) in [5.74, 6) is 0.281. The summed E-state index contributed by atoms with van der Waals surface area (Å²) in [5, 5.41) is 1.04. The van der Waals surface area contributed by atoms with Crippen molar-refractivity contribution < 1.29 is 9.47 Å². The van der Waals surface area contributed by atoms with E-state index in [-0.39, 0.29) is 17.3 Å². The van der Waals surface area contributed by atoms with E-state index in [9.17, 15) is 4.79 Å². The van der Waals surface area contributed by atoms with Crippen LogP contribution in [0.3, 0.4) is 0 Å². The fourth-order valence-corrected chi connectivity index (χ4v) is 2.90. The van der Waals surface area contributed by atoms with E-state index in [1.165, 1.54) is 20.4 Å². The van der Waals surface area contributed by atoms with Gasteiger partial charge in [-0.25, -0.2) is 4.98 Å². The molecule has 2 aromatic heterocycles. The van der Waals surface area contributed by atoms with Crippen LogP contribution in [-0.2, 0) is 7.05 Å². The van der Waals surface area contributed by atoms with Crippen LogP contribution < -0.4 is 14.9 Å². The van der Waals surface area contributed by atoms with Crippen molar-refractivity contribution in [1.29, 1.82) is 0 Å². The van der Waals surface area contributed by atoms with E-state index in [0.717, 1.165) is 11.2 Å². The molecule has 0 saturated heterocycles. The number of nitrogens with zero attached hydrogens (tertiary/aromatic N) is 3. The molecule has 1 aromatic carbocycles. The summed E-state index contributed by atoms with van der Waals surface area (Å²) in [4.78, 5) is 21.3. The molecule has 24 heavy (non-hydrogen) atoms. The highest BCUT2D eigenvalue weighted by molar-refractivity contribution is 6.31. The second-order valence-corrected chi connectivity index (χ2v) is 5.73. The Morgan fingerprint density at radius 1 is 1.21 bits per heavy atom. The zero-order chi connectivity index (χ0) is 17.4. The molecule has 0 saturated carbocycles. The number of aryl methyl sites for hydroxylation is 1. The molecule has 3 aromatic rings. The molecule has 3 rings (SSSR count). The number of rotatable bonds is 3. The second-order valence-electron chi connectivity index (χ2n) is 5.29. The summed E-state index contributed by atoms with van der Waals surface area (Å²) >= 11 is 6.07. The molecule has 0 N–H and O–H groups in total. The number of pyridine rings is 1. The van der Waals surface area contributed by atoms with E-state index in [1.54, 1.807) is 12.1 Å². The molecule has 0 spiro atoms. The van der Waals surface area contributed by atoms with Gasteiger partial charge in [0.2, 0.25) is 5.88 Å². The Balaban J connectivity index is 2.41. The fourth-order valence-electron chi connectivity index (χ4n) is 2.72. The highest BCUT2D eigenvalue weighted by Crippen LogP contribution is 2.31. The Hall–Kier alpha value is -2.60. The fraction of sp³-hybridized carbons (Fsp3) is 0.235. The molecule has 0 fully saturated rings. The Labute approximate surface area is 143 Å². The van der Waals surface area contributed by atoms with Gasteiger partial charge in [0.1, 0.15) is 0 Å². The largest absolute Gasteiger partial charge is 0.480 e. The van der Waals surface area contributed by atoms with Gasteiger partial charge in [-0.05, 0) is 25.1 Å². The van der Waals surface area contributed by atoms with E-state index in [1.807, 2.05) is 24.6 Å². The summed E-state index contributed by atoms with van der Waals surface area (Å²) in [5.41, 5.74) is 2.43. The molecule has 0 aliphatic carbocycles. The number of hydrogen-bond donors (Lipinski definition) is 0. The number of hydrogen-bond acceptors (Lipinski definition) is 5. The zero-order valence-corrected chi connectivity index (χ0v) is 14.5. The Morgan fingerprint density at radius 3 is 2.62 bits per heavy atom. The lowest BCUT2D eigenvalue weighted by Gasteiger charge is -2.16. The normalized spacial score (nSPS) is 10.9. The number of methoxy groups -OCH3 is 2. The van der Waals surface area contributed by atoms with Crippen molar-refractivity contribution in [3.63, 3.8) is 0 Å². The van der Waals surface area contributed by atoms with Crippen LogP contribution in [0.4, 0.5) is 0 Å². The average molecular weight is 346 g/mol. The third kappa shape index (κ3) is 2.49. The van der Waals surface area contributed by atoms with Crippen LogP contribution in [-0.4, -0.2) is 28.8 Å². The Morgan fingerprint density at radius 2 is 1.96 bits per heavy atom. The number of benzene rings is 1. The number of ether oxygens (including phenoxy) is 2. The van der Waals surface area contributed by atoms with Gasteiger partial charge < -0.3 is 14.0 Å². The summed E-state index contributed by atoms with van der Waals surface area (Å²) in [7, 11) is 4.85. The van der Waals surface area contributed by atoms with E-state index < -0.39 is 0 Å². The maximum atomic E-state index is 13.1. The molecule has 2 heterocycles. The third-order valence-electron chi connectivity index (χ3n) is 4.03. The van der Waals surface area contributed by atoms with Gasteiger partial charge >= 0.3 is 6.01 Å². The van der Waals surface area contributed by atoms with Gasteiger partial charge in [-0.3, -0.25) is 4.79 Å². The summed E-state index contributed by atoms with van der Waals surface area (Å²) < 4.78 is 12.3. The molecule has 0 atom stereocenters. The van der Waals surface area contributed by atoms with Gasteiger partial charge in [0.05, 0.1) is 30.9 Å². The molecular weight excluding hydrogens is 330 g/mol. The Kier molecular flexibility index (Phi) is 4.15. The van der Waals surface area contributed by atoms with Crippen LogP contribution in [0.15, 0.2) is 29.2 Å². The minimum Gasteiger partial charge on any atom is -0.480 e. The maximum absolute atomic E-state index is 13.1. The van der Waals surface area contributed by atoms with Crippen LogP contribution in [0, 0.1) is 6.92 Å². The summed E-state index contributed by atoms with van der Waals surface area (Å²) in [6.07, 6.45) is 1.53. The second kappa shape index (κ2) is 6.13. The van der Waals surface area contributed by atoms with Gasteiger partial charge in [0.15, 0.2) is 5.43 Å². The highest BCUT2D eigenvalue weighted by atomic mass is 35.5. The lowest BCUT2D eigenvalue weighted by molar-refractivity contribution is 0.353. The van der Waals surface area contributed by atoms with Gasteiger partial charge in [0.25, 0.3) is 0 Å². The molecule has 0 unspecified atom stereocenters. The lowest BCUT2D eigenvalue weighted by Crippen LogP contribution is -2.15. The van der Waals surface area contributed by atoms with Crippen molar-refractivity contribution in [1.82, 2.24) is 14.5 Å². The van der Waals surface area contributed by atoms with Crippen molar-refractivity contribution in [2.75, 3.05) is 14.2 Å². The van der Waals surface area contributed by atoms with Gasteiger partial charge in [0, 0.05) is 29.3 Å².